The normalized spacial score (nSPS) is 11.0. The van der Waals surface area contributed by atoms with Gasteiger partial charge in [0.1, 0.15) is 11.6 Å². The number of para-hydroxylation sites is 2. The summed E-state index contributed by atoms with van der Waals surface area (Å²) < 4.78 is 13.0. The zero-order chi connectivity index (χ0) is 18.1. The SMILES string of the molecule is O=[N+]([O-])c1cc(-c2nc3ccccc3[nH]2)ccc1Sc1ccc(F)cc1. The number of halogens is 1. The van der Waals surface area contributed by atoms with Crippen LogP contribution in [0.3, 0.4) is 0 Å². The highest BCUT2D eigenvalue weighted by molar-refractivity contribution is 7.99. The highest BCUT2D eigenvalue weighted by Crippen LogP contribution is 2.37. The first-order chi connectivity index (χ1) is 12.6. The number of aromatic nitrogens is 2. The Labute approximate surface area is 152 Å². The van der Waals surface area contributed by atoms with Crippen molar-refractivity contribution >= 4 is 28.5 Å². The van der Waals surface area contributed by atoms with Crippen LogP contribution in [-0.2, 0) is 0 Å². The topological polar surface area (TPSA) is 71.8 Å². The second-order valence-electron chi connectivity index (χ2n) is 5.60. The summed E-state index contributed by atoms with van der Waals surface area (Å²) in [6.07, 6.45) is 0. The van der Waals surface area contributed by atoms with Gasteiger partial charge in [-0.15, -0.1) is 0 Å². The van der Waals surface area contributed by atoms with E-state index in [9.17, 15) is 14.5 Å². The molecular formula is C19H12FN3O2S. The molecule has 3 aromatic carbocycles. The molecule has 5 nitrogen and oxygen atoms in total. The van der Waals surface area contributed by atoms with Crippen molar-refractivity contribution in [1.29, 1.82) is 0 Å². The van der Waals surface area contributed by atoms with Gasteiger partial charge in [-0.2, -0.15) is 0 Å². The lowest BCUT2D eigenvalue weighted by Gasteiger charge is -2.05. The van der Waals surface area contributed by atoms with Crippen molar-refractivity contribution in [1.82, 2.24) is 9.97 Å². The van der Waals surface area contributed by atoms with E-state index in [1.807, 2.05) is 24.3 Å². The van der Waals surface area contributed by atoms with Crippen molar-refractivity contribution < 1.29 is 9.31 Å². The standard InChI is InChI=1S/C19H12FN3O2S/c20-13-6-8-14(9-7-13)26-18-10-5-12(11-17(18)23(24)25)19-21-15-3-1-2-4-16(15)22-19/h1-11H,(H,21,22). The summed E-state index contributed by atoms with van der Waals surface area (Å²) >= 11 is 1.22. The van der Waals surface area contributed by atoms with E-state index in [-0.39, 0.29) is 11.5 Å². The molecule has 0 aliphatic carbocycles. The molecule has 0 atom stereocenters. The van der Waals surface area contributed by atoms with Gasteiger partial charge in [0.15, 0.2) is 0 Å². The molecule has 0 bridgehead atoms. The first-order valence-electron chi connectivity index (χ1n) is 7.77. The Balaban J connectivity index is 1.73. The second kappa shape index (κ2) is 6.61. The number of imidazole rings is 1. The molecule has 0 aliphatic rings. The Morgan fingerprint density at radius 2 is 1.81 bits per heavy atom. The van der Waals surface area contributed by atoms with Gasteiger partial charge in [-0.25, -0.2) is 9.37 Å². The summed E-state index contributed by atoms with van der Waals surface area (Å²) in [5, 5.41) is 11.5. The minimum absolute atomic E-state index is 0.0164. The third-order valence-corrected chi connectivity index (χ3v) is 4.93. The van der Waals surface area contributed by atoms with E-state index in [1.54, 1.807) is 24.3 Å². The molecule has 0 radical (unpaired) electrons. The molecule has 1 N–H and O–H groups in total. The molecule has 128 valence electrons. The van der Waals surface area contributed by atoms with Gasteiger partial charge < -0.3 is 4.98 Å². The third kappa shape index (κ3) is 3.16. The van der Waals surface area contributed by atoms with Gasteiger partial charge in [-0.3, -0.25) is 10.1 Å². The number of hydrogen-bond donors (Lipinski definition) is 1. The predicted octanol–water partition coefficient (Wildman–Crippen LogP) is 5.43. The lowest BCUT2D eigenvalue weighted by Crippen LogP contribution is -1.92. The number of nitrogens with one attached hydrogen (secondary N) is 1. The number of fused-ring (bicyclic) bond motifs is 1. The number of nitro benzene ring substituents is 1. The van der Waals surface area contributed by atoms with Crippen LogP contribution in [0.2, 0.25) is 0 Å². The number of nitro groups is 1. The monoisotopic (exact) mass is 365 g/mol. The minimum Gasteiger partial charge on any atom is -0.338 e. The van der Waals surface area contributed by atoms with E-state index in [0.29, 0.717) is 16.3 Å². The second-order valence-corrected chi connectivity index (χ2v) is 6.71. The highest BCUT2D eigenvalue weighted by Gasteiger charge is 2.18. The van der Waals surface area contributed by atoms with E-state index in [1.165, 1.54) is 30.0 Å². The number of H-pyrrole nitrogens is 1. The summed E-state index contributed by atoms with van der Waals surface area (Å²) in [5.74, 6) is 0.233. The van der Waals surface area contributed by atoms with Crippen LogP contribution in [0.25, 0.3) is 22.4 Å². The molecule has 0 fully saturated rings. The smallest absolute Gasteiger partial charge is 0.283 e. The lowest BCUT2D eigenvalue weighted by molar-refractivity contribution is -0.387. The molecule has 1 heterocycles. The Morgan fingerprint density at radius 3 is 2.54 bits per heavy atom. The van der Waals surface area contributed by atoms with E-state index in [0.717, 1.165) is 15.9 Å². The average molecular weight is 365 g/mol. The van der Waals surface area contributed by atoms with Crippen LogP contribution in [-0.4, -0.2) is 14.9 Å². The quantitative estimate of drug-likeness (QED) is 0.387. The lowest BCUT2D eigenvalue weighted by atomic mass is 10.2. The van der Waals surface area contributed by atoms with Crippen LogP contribution >= 0.6 is 11.8 Å². The van der Waals surface area contributed by atoms with E-state index >= 15 is 0 Å². The Hall–Kier alpha value is -3.19. The van der Waals surface area contributed by atoms with Crippen LogP contribution in [0.1, 0.15) is 0 Å². The van der Waals surface area contributed by atoms with Crippen molar-refractivity contribution in [3.05, 3.63) is 82.7 Å². The van der Waals surface area contributed by atoms with Gasteiger partial charge >= 0.3 is 0 Å². The zero-order valence-corrected chi connectivity index (χ0v) is 14.2. The van der Waals surface area contributed by atoms with Crippen LogP contribution in [0.5, 0.6) is 0 Å². The van der Waals surface area contributed by atoms with Crippen LogP contribution in [0.4, 0.5) is 10.1 Å². The van der Waals surface area contributed by atoms with Gasteiger partial charge in [0.25, 0.3) is 5.69 Å². The minimum atomic E-state index is -0.419. The molecule has 4 rings (SSSR count). The maximum Gasteiger partial charge on any atom is 0.283 e. The summed E-state index contributed by atoms with van der Waals surface area (Å²) in [6, 6.07) is 18.4. The summed E-state index contributed by atoms with van der Waals surface area (Å²) in [7, 11) is 0. The van der Waals surface area contributed by atoms with Gasteiger partial charge in [0, 0.05) is 16.5 Å². The van der Waals surface area contributed by atoms with Crippen molar-refractivity contribution in [2.24, 2.45) is 0 Å². The number of aromatic amines is 1. The summed E-state index contributed by atoms with van der Waals surface area (Å²) in [6.45, 7) is 0. The fraction of sp³-hybridized carbons (Fsp3) is 0. The predicted molar refractivity (Wildman–Crippen MR) is 98.7 cm³/mol. The van der Waals surface area contributed by atoms with Gasteiger partial charge in [0.2, 0.25) is 0 Å². The van der Waals surface area contributed by atoms with Crippen molar-refractivity contribution in [3.8, 4) is 11.4 Å². The van der Waals surface area contributed by atoms with E-state index < -0.39 is 4.92 Å². The number of nitrogens with zero attached hydrogens (tertiary/aromatic N) is 2. The molecular weight excluding hydrogens is 353 g/mol. The first-order valence-corrected chi connectivity index (χ1v) is 8.59. The largest absolute Gasteiger partial charge is 0.338 e. The molecule has 0 spiro atoms. The Bertz CT molecular complexity index is 1080. The zero-order valence-electron chi connectivity index (χ0n) is 13.3. The van der Waals surface area contributed by atoms with Crippen LogP contribution in [0.15, 0.2) is 76.5 Å². The molecule has 0 aliphatic heterocycles. The number of hydrogen-bond acceptors (Lipinski definition) is 4. The first kappa shape index (κ1) is 16.3. The molecule has 4 aromatic rings. The maximum atomic E-state index is 13.0. The molecule has 0 amide bonds. The van der Waals surface area contributed by atoms with Crippen molar-refractivity contribution in [2.45, 2.75) is 9.79 Å². The average Bonchev–Trinajstić information content (AvgIpc) is 3.08. The fourth-order valence-corrected chi connectivity index (χ4v) is 3.51. The summed E-state index contributed by atoms with van der Waals surface area (Å²) in [5.41, 5.74) is 2.29. The molecule has 1 aromatic heterocycles. The van der Waals surface area contributed by atoms with Gasteiger partial charge in [-0.05, 0) is 48.5 Å². The maximum absolute atomic E-state index is 13.0. The van der Waals surface area contributed by atoms with Crippen LogP contribution < -0.4 is 0 Å². The number of benzene rings is 3. The van der Waals surface area contributed by atoms with E-state index in [2.05, 4.69) is 9.97 Å². The molecule has 0 unspecified atom stereocenters. The Kier molecular flexibility index (Phi) is 4.14. The molecule has 0 saturated heterocycles. The summed E-state index contributed by atoms with van der Waals surface area (Å²) in [4.78, 5) is 20.0. The fourth-order valence-electron chi connectivity index (χ4n) is 2.61. The van der Waals surface area contributed by atoms with Gasteiger partial charge in [-0.1, -0.05) is 23.9 Å². The van der Waals surface area contributed by atoms with E-state index in [4.69, 9.17) is 0 Å². The van der Waals surface area contributed by atoms with Crippen molar-refractivity contribution in [3.63, 3.8) is 0 Å². The van der Waals surface area contributed by atoms with Crippen molar-refractivity contribution in [2.75, 3.05) is 0 Å². The molecule has 26 heavy (non-hydrogen) atoms. The molecule has 0 saturated carbocycles. The Morgan fingerprint density at radius 1 is 1.04 bits per heavy atom. The van der Waals surface area contributed by atoms with Crippen LogP contribution in [0, 0.1) is 15.9 Å². The molecule has 7 heteroatoms. The highest BCUT2D eigenvalue weighted by atomic mass is 32.2. The third-order valence-electron chi connectivity index (χ3n) is 3.86. The number of rotatable bonds is 4. The van der Waals surface area contributed by atoms with Gasteiger partial charge in [0.05, 0.1) is 20.9 Å².